The van der Waals surface area contributed by atoms with E-state index in [1.807, 2.05) is 41.5 Å². The SMILES string of the molecule is C[C@]12Cc3cnn(-c4ccc(F)cc4)c3C=C1CC[C@@H]2[C@@H](O)c1cncc2ccccc12. The molecule has 3 atom stereocenters. The molecule has 0 amide bonds. The molecule has 6 rings (SSSR count). The van der Waals surface area contributed by atoms with Crippen molar-refractivity contribution in [1.29, 1.82) is 0 Å². The molecule has 2 aromatic carbocycles. The van der Waals surface area contributed by atoms with E-state index >= 15 is 0 Å². The van der Waals surface area contributed by atoms with E-state index in [0.717, 1.165) is 52.5 Å². The van der Waals surface area contributed by atoms with E-state index in [1.54, 1.807) is 12.1 Å². The number of aromatic nitrogens is 3. The highest BCUT2D eigenvalue weighted by molar-refractivity contribution is 5.85. The largest absolute Gasteiger partial charge is 0.388 e. The molecule has 0 saturated heterocycles. The molecular weight excluding hydrogens is 401 g/mol. The standard InChI is InChI=1S/C27H24FN3O/c1-27-13-18-15-30-31(21-9-7-20(28)8-10-21)25(18)12-19(27)6-11-24(27)26(32)23-16-29-14-17-4-2-3-5-22(17)23/h2-5,7-10,12,14-16,24,26,32H,6,11,13H2,1H3/t24-,26+,27+/m1/s1. The molecular formula is C27H24FN3O. The lowest BCUT2D eigenvalue weighted by atomic mass is 9.67. The second-order valence-electron chi connectivity index (χ2n) is 9.25. The van der Waals surface area contributed by atoms with Crippen LogP contribution in [0.15, 0.2) is 72.7 Å². The zero-order chi connectivity index (χ0) is 21.9. The van der Waals surface area contributed by atoms with Crippen LogP contribution in [0.5, 0.6) is 0 Å². The summed E-state index contributed by atoms with van der Waals surface area (Å²) in [7, 11) is 0. The number of halogens is 1. The second kappa shape index (κ2) is 7.10. The third-order valence-electron chi connectivity index (χ3n) is 7.50. The van der Waals surface area contributed by atoms with Gasteiger partial charge in [-0.05, 0) is 71.9 Å². The molecule has 4 nitrogen and oxygen atoms in total. The van der Waals surface area contributed by atoms with Gasteiger partial charge in [0.05, 0.1) is 23.7 Å². The zero-order valence-electron chi connectivity index (χ0n) is 17.9. The summed E-state index contributed by atoms with van der Waals surface area (Å²) in [6, 6.07) is 14.5. The molecule has 0 bridgehead atoms. The van der Waals surface area contributed by atoms with E-state index in [0.29, 0.717) is 0 Å². The Hall–Kier alpha value is -3.31. The number of hydrogen-bond donors (Lipinski definition) is 1. The first-order valence-corrected chi connectivity index (χ1v) is 11.1. The van der Waals surface area contributed by atoms with Gasteiger partial charge in [0.1, 0.15) is 5.82 Å². The fraction of sp³-hybridized carbons (Fsp3) is 0.259. The molecule has 0 radical (unpaired) electrons. The minimum absolute atomic E-state index is 0.101. The number of aliphatic hydroxyl groups is 1. The van der Waals surface area contributed by atoms with Crippen molar-refractivity contribution < 1.29 is 9.50 Å². The first kappa shape index (κ1) is 19.4. The van der Waals surface area contributed by atoms with E-state index in [1.165, 1.54) is 17.7 Å². The van der Waals surface area contributed by atoms with Crippen molar-refractivity contribution in [3.8, 4) is 5.69 Å². The topological polar surface area (TPSA) is 50.9 Å². The van der Waals surface area contributed by atoms with Crippen LogP contribution in [0.25, 0.3) is 22.5 Å². The molecule has 1 N–H and O–H groups in total. The minimum Gasteiger partial charge on any atom is -0.388 e. The summed E-state index contributed by atoms with van der Waals surface area (Å²) < 4.78 is 15.3. The van der Waals surface area contributed by atoms with Crippen LogP contribution in [0.3, 0.4) is 0 Å². The number of rotatable bonds is 3. The van der Waals surface area contributed by atoms with Crippen LogP contribution >= 0.6 is 0 Å². The minimum atomic E-state index is -0.585. The summed E-state index contributed by atoms with van der Waals surface area (Å²) in [5.74, 6) is -0.153. The number of nitrogens with zero attached hydrogens (tertiary/aromatic N) is 3. The van der Waals surface area contributed by atoms with E-state index in [9.17, 15) is 9.50 Å². The molecule has 2 aliphatic carbocycles. The molecule has 2 aliphatic rings. The van der Waals surface area contributed by atoms with Gasteiger partial charge in [0, 0.05) is 23.3 Å². The van der Waals surface area contributed by atoms with Gasteiger partial charge in [0.2, 0.25) is 0 Å². The van der Waals surface area contributed by atoms with E-state index in [2.05, 4.69) is 29.1 Å². The van der Waals surface area contributed by atoms with E-state index in [-0.39, 0.29) is 17.2 Å². The fourth-order valence-electron chi connectivity index (χ4n) is 5.76. The molecule has 1 fully saturated rings. The molecule has 2 heterocycles. The van der Waals surface area contributed by atoms with Crippen LogP contribution in [0.4, 0.5) is 4.39 Å². The summed E-state index contributed by atoms with van der Waals surface area (Å²) in [6.07, 6.45) is 9.95. The predicted octanol–water partition coefficient (Wildman–Crippen LogP) is 5.65. The molecule has 0 spiro atoms. The molecule has 5 heteroatoms. The van der Waals surface area contributed by atoms with E-state index in [4.69, 9.17) is 0 Å². The van der Waals surface area contributed by atoms with Crippen molar-refractivity contribution in [3.63, 3.8) is 0 Å². The van der Waals surface area contributed by atoms with Gasteiger partial charge < -0.3 is 5.11 Å². The molecule has 1 saturated carbocycles. The summed E-state index contributed by atoms with van der Waals surface area (Å²) in [4.78, 5) is 4.40. The highest BCUT2D eigenvalue weighted by atomic mass is 19.1. The Balaban J connectivity index is 1.38. The quantitative estimate of drug-likeness (QED) is 0.462. The molecule has 2 aromatic heterocycles. The maximum absolute atomic E-state index is 13.4. The Morgan fingerprint density at radius 1 is 1.09 bits per heavy atom. The Morgan fingerprint density at radius 3 is 2.75 bits per heavy atom. The van der Waals surface area contributed by atoms with E-state index < -0.39 is 6.10 Å². The first-order valence-electron chi connectivity index (χ1n) is 11.1. The maximum Gasteiger partial charge on any atom is 0.123 e. The number of benzene rings is 2. The summed E-state index contributed by atoms with van der Waals surface area (Å²) >= 11 is 0. The third-order valence-corrected chi connectivity index (χ3v) is 7.50. The van der Waals surface area contributed by atoms with Crippen LogP contribution in [0.2, 0.25) is 0 Å². The molecule has 4 aromatic rings. The average molecular weight is 426 g/mol. The van der Waals surface area contributed by atoms with Gasteiger partial charge in [-0.3, -0.25) is 4.98 Å². The number of fused-ring (bicyclic) bond motifs is 3. The third kappa shape index (κ3) is 2.84. The number of hydrogen-bond acceptors (Lipinski definition) is 3. The lowest BCUT2D eigenvalue weighted by Gasteiger charge is -2.38. The van der Waals surface area contributed by atoms with Crippen molar-refractivity contribution in [2.75, 3.05) is 0 Å². The molecule has 0 aliphatic heterocycles. The van der Waals surface area contributed by atoms with Crippen molar-refractivity contribution in [2.45, 2.75) is 32.3 Å². The number of aliphatic hydroxyl groups excluding tert-OH is 1. The van der Waals surface area contributed by atoms with Gasteiger partial charge in [-0.1, -0.05) is 36.8 Å². The van der Waals surface area contributed by atoms with Crippen molar-refractivity contribution >= 4 is 16.8 Å². The Labute approximate surface area is 186 Å². The Kier molecular flexibility index (Phi) is 4.30. The number of allylic oxidation sites excluding steroid dienone is 1. The number of pyridine rings is 1. The monoisotopic (exact) mass is 425 g/mol. The van der Waals surface area contributed by atoms with Gasteiger partial charge in [-0.2, -0.15) is 5.10 Å². The predicted molar refractivity (Wildman–Crippen MR) is 123 cm³/mol. The van der Waals surface area contributed by atoms with Crippen LogP contribution in [-0.2, 0) is 6.42 Å². The normalized spacial score (nSPS) is 23.0. The fourth-order valence-corrected chi connectivity index (χ4v) is 5.76. The highest BCUT2D eigenvalue weighted by Crippen LogP contribution is 2.57. The van der Waals surface area contributed by atoms with Crippen molar-refractivity contribution in [3.05, 3.63) is 95.3 Å². The van der Waals surface area contributed by atoms with Crippen LogP contribution in [0.1, 0.15) is 42.7 Å². The van der Waals surface area contributed by atoms with Gasteiger partial charge in [-0.15, -0.1) is 0 Å². The lowest BCUT2D eigenvalue weighted by molar-refractivity contribution is 0.0564. The van der Waals surface area contributed by atoms with Crippen LogP contribution in [0, 0.1) is 17.2 Å². The average Bonchev–Trinajstić information content (AvgIpc) is 3.36. The summed E-state index contributed by atoms with van der Waals surface area (Å²) in [5, 5.41) is 18.3. The smallest absolute Gasteiger partial charge is 0.123 e. The van der Waals surface area contributed by atoms with Crippen LogP contribution < -0.4 is 0 Å². The van der Waals surface area contributed by atoms with Gasteiger partial charge in [0.25, 0.3) is 0 Å². The molecule has 160 valence electrons. The van der Waals surface area contributed by atoms with Gasteiger partial charge in [-0.25, -0.2) is 9.07 Å². The van der Waals surface area contributed by atoms with Gasteiger partial charge in [0.15, 0.2) is 0 Å². The van der Waals surface area contributed by atoms with Crippen molar-refractivity contribution in [1.82, 2.24) is 14.8 Å². The zero-order valence-corrected chi connectivity index (χ0v) is 17.9. The Morgan fingerprint density at radius 2 is 1.91 bits per heavy atom. The van der Waals surface area contributed by atoms with Crippen molar-refractivity contribution in [2.24, 2.45) is 11.3 Å². The Bertz CT molecular complexity index is 1350. The molecule has 32 heavy (non-hydrogen) atoms. The highest BCUT2D eigenvalue weighted by Gasteiger charge is 2.48. The second-order valence-corrected chi connectivity index (χ2v) is 9.25. The summed E-state index contributed by atoms with van der Waals surface area (Å²) in [6.45, 7) is 2.27. The maximum atomic E-state index is 13.4. The summed E-state index contributed by atoms with van der Waals surface area (Å²) in [5.41, 5.74) is 5.20. The lowest BCUT2D eigenvalue weighted by Crippen LogP contribution is -2.32. The van der Waals surface area contributed by atoms with Gasteiger partial charge >= 0.3 is 0 Å². The first-order chi connectivity index (χ1) is 15.5. The van der Waals surface area contributed by atoms with Crippen LogP contribution in [-0.4, -0.2) is 19.9 Å². The molecule has 0 unspecified atom stereocenters.